The highest BCUT2D eigenvalue weighted by Gasteiger charge is 2.18. The van der Waals surface area contributed by atoms with Gasteiger partial charge in [-0.3, -0.25) is 4.79 Å². The van der Waals surface area contributed by atoms with E-state index in [1.807, 2.05) is 103 Å². The van der Waals surface area contributed by atoms with Gasteiger partial charge in [0.05, 0.1) is 33.1 Å². The van der Waals surface area contributed by atoms with Crippen molar-refractivity contribution in [2.75, 3.05) is 27.7 Å². The van der Waals surface area contributed by atoms with Crippen LogP contribution in [-0.4, -0.2) is 32.2 Å². The zero-order valence-corrected chi connectivity index (χ0v) is 27.0. The van der Waals surface area contributed by atoms with Gasteiger partial charge in [0.25, 0.3) is 0 Å². The van der Waals surface area contributed by atoms with Crippen molar-refractivity contribution >= 4 is 11.0 Å². The van der Waals surface area contributed by atoms with Crippen molar-refractivity contribution in [2.24, 2.45) is 0 Å². The minimum absolute atomic E-state index is 0.0472. The molecule has 0 aliphatic heterocycles. The second-order valence-corrected chi connectivity index (χ2v) is 12.8. The van der Waals surface area contributed by atoms with Crippen molar-refractivity contribution in [3.8, 4) is 22.8 Å². The number of nitrogens with zero attached hydrogens (tertiary/aromatic N) is 1. The molecule has 45 heavy (non-hydrogen) atoms. The minimum atomic E-state index is 0.0472. The van der Waals surface area contributed by atoms with Gasteiger partial charge in [-0.1, -0.05) is 92.1 Å². The molecule has 0 N–H and O–H groups in total. The topological polar surface area (TPSA) is 48.7 Å². The summed E-state index contributed by atoms with van der Waals surface area (Å²) in [6, 6.07) is 33.5. The van der Waals surface area contributed by atoms with Crippen LogP contribution < -0.4 is 14.9 Å². The van der Waals surface area contributed by atoms with E-state index in [4.69, 9.17) is 13.9 Å². The van der Waals surface area contributed by atoms with Crippen molar-refractivity contribution < 1.29 is 18.4 Å². The molecule has 0 saturated carbocycles. The lowest BCUT2D eigenvalue weighted by molar-refractivity contribution is -0.870. The van der Waals surface area contributed by atoms with E-state index in [0.717, 1.165) is 39.6 Å². The highest BCUT2D eigenvalue weighted by atomic mass is 16.5. The third-order valence-electron chi connectivity index (χ3n) is 8.08. The van der Waals surface area contributed by atoms with Crippen LogP contribution in [-0.2, 0) is 19.6 Å². The van der Waals surface area contributed by atoms with Gasteiger partial charge in [-0.05, 0) is 67.1 Å². The Morgan fingerprint density at radius 2 is 1.20 bits per heavy atom. The first-order valence-corrected chi connectivity index (χ1v) is 16.2. The summed E-state index contributed by atoms with van der Waals surface area (Å²) in [7, 11) is 6.74. The van der Waals surface area contributed by atoms with E-state index in [-0.39, 0.29) is 5.43 Å². The summed E-state index contributed by atoms with van der Waals surface area (Å²) in [4.78, 5) is 13.8. The molecule has 0 radical (unpaired) electrons. The van der Waals surface area contributed by atoms with E-state index in [1.54, 1.807) is 0 Å². The predicted octanol–water partition coefficient (Wildman–Crippen LogP) is 9.21. The third kappa shape index (κ3) is 9.32. The molecule has 0 amide bonds. The average Bonchev–Trinajstić information content (AvgIpc) is 3.05. The van der Waals surface area contributed by atoms with Crippen molar-refractivity contribution in [1.82, 2.24) is 0 Å². The van der Waals surface area contributed by atoms with Crippen LogP contribution in [0, 0.1) is 0 Å². The Hall–Kier alpha value is -4.35. The Morgan fingerprint density at radius 1 is 0.622 bits per heavy atom. The number of rotatable bonds is 16. The Labute approximate surface area is 267 Å². The van der Waals surface area contributed by atoms with Gasteiger partial charge in [-0.25, -0.2) is 0 Å². The number of hydrogen-bond acceptors (Lipinski definition) is 4. The van der Waals surface area contributed by atoms with Crippen molar-refractivity contribution in [3.63, 3.8) is 0 Å². The van der Waals surface area contributed by atoms with Gasteiger partial charge in [0.15, 0.2) is 16.9 Å². The lowest BCUT2D eigenvalue weighted by Gasteiger charge is -2.23. The molecular formula is C40H46NO4+. The number of benzene rings is 4. The summed E-state index contributed by atoms with van der Waals surface area (Å²) in [5.74, 6) is 1.87. The summed E-state index contributed by atoms with van der Waals surface area (Å²) in [6.07, 6.45) is 7.62. The first-order chi connectivity index (χ1) is 21.9. The van der Waals surface area contributed by atoms with Gasteiger partial charge in [0, 0.05) is 11.1 Å². The fourth-order valence-electron chi connectivity index (χ4n) is 5.59. The molecule has 0 fully saturated rings. The molecule has 0 bridgehead atoms. The predicted molar refractivity (Wildman–Crippen MR) is 184 cm³/mol. The molecular weight excluding hydrogens is 558 g/mol. The summed E-state index contributed by atoms with van der Waals surface area (Å²) >= 11 is 0. The Kier molecular flexibility index (Phi) is 11.1. The number of unbranched alkanes of at least 4 members (excludes halogenated alkanes) is 5. The van der Waals surface area contributed by atoms with E-state index in [2.05, 4.69) is 21.1 Å². The Bertz CT molecular complexity index is 1700. The van der Waals surface area contributed by atoms with Crippen LogP contribution in [0.15, 0.2) is 112 Å². The second-order valence-electron chi connectivity index (χ2n) is 12.8. The molecule has 234 valence electrons. The Balaban J connectivity index is 1.38. The molecule has 0 aliphatic rings. The molecule has 0 spiro atoms. The normalized spacial score (nSPS) is 11.5. The van der Waals surface area contributed by atoms with Gasteiger partial charge >= 0.3 is 0 Å². The molecule has 5 aromatic rings. The second kappa shape index (κ2) is 15.6. The van der Waals surface area contributed by atoms with E-state index in [1.165, 1.54) is 32.2 Å². The standard InChI is InChI=1S/C40H46NO4/c1-41(2,3)27-17-7-5-4-6-14-23-35-39(42)34-22-15-16-24-36(34)45-40(35)33-25-26-37(43-29-31-18-10-8-11-19-31)38(28-33)44-30-32-20-12-9-13-21-32/h8-13,15-16,18-22,24-26,28H,4-7,14,17,23,27,29-30H2,1-3H3/q+1. The smallest absolute Gasteiger partial charge is 0.196 e. The summed E-state index contributed by atoms with van der Waals surface area (Å²) in [5.41, 5.74) is 4.31. The van der Waals surface area contributed by atoms with Gasteiger partial charge in [-0.2, -0.15) is 0 Å². The van der Waals surface area contributed by atoms with Crippen LogP contribution >= 0.6 is 0 Å². The van der Waals surface area contributed by atoms with Gasteiger partial charge in [0.1, 0.15) is 24.6 Å². The van der Waals surface area contributed by atoms with E-state index >= 15 is 0 Å². The number of ether oxygens (including phenoxy) is 2. The number of quaternary nitrogens is 1. The largest absolute Gasteiger partial charge is 0.485 e. The number of fused-ring (bicyclic) bond motifs is 1. The lowest BCUT2D eigenvalue weighted by atomic mass is 9.98. The molecule has 5 nitrogen and oxygen atoms in total. The SMILES string of the molecule is C[N+](C)(C)CCCCCCCCc1c(-c2ccc(OCc3ccccc3)c(OCc3ccccc3)c2)oc2ccccc2c1=O. The van der Waals surface area contributed by atoms with Crippen LogP contribution in [0.2, 0.25) is 0 Å². The van der Waals surface area contributed by atoms with E-state index < -0.39 is 0 Å². The molecule has 5 heteroatoms. The summed E-state index contributed by atoms with van der Waals surface area (Å²) < 4.78 is 20.1. The first kappa shape index (κ1) is 32.1. The van der Waals surface area contributed by atoms with Crippen LogP contribution in [0.1, 0.15) is 55.2 Å². The fourth-order valence-corrected chi connectivity index (χ4v) is 5.59. The van der Waals surface area contributed by atoms with Crippen molar-refractivity contribution in [3.05, 3.63) is 130 Å². The van der Waals surface area contributed by atoms with Gasteiger partial charge in [-0.15, -0.1) is 0 Å². The maximum Gasteiger partial charge on any atom is 0.196 e. The van der Waals surface area contributed by atoms with Crippen LogP contribution in [0.5, 0.6) is 11.5 Å². The highest BCUT2D eigenvalue weighted by Crippen LogP contribution is 2.36. The maximum absolute atomic E-state index is 13.8. The minimum Gasteiger partial charge on any atom is -0.485 e. The van der Waals surface area contributed by atoms with E-state index in [0.29, 0.717) is 47.9 Å². The number of hydrogen-bond donors (Lipinski definition) is 0. The number of para-hydroxylation sites is 1. The van der Waals surface area contributed by atoms with Crippen LogP contribution in [0.25, 0.3) is 22.3 Å². The maximum atomic E-state index is 13.8. The van der Waals surface area contributed by atoms with Crippen molar-refractivity contribution in [2.45, 2.75) is 58.2 Å². The van der Waals surface area contributed by atoms with Crippen molar-refractivity contribution in [1.29, 1.82) is 0 Å². The molecule has 4 aromatic carbocycles. The molecule has 0 saturated heterocycles. The third-order valence-corrected chi connectivity index (χ3v) is 8.08. The molecule has 1 heterocycles. The van der Waals surface area contributed by atoms with Crippen LogP contribution in [0.3, 0.4) is 0 Å². The summed E-state index contributed by atoms with van der Waals surface area (Å²) in [5, 5.41) is 0.625. The average molecular weight is 605 g/mol. The fraction of sp³-hybridized carbons (Fsp3) is 0.325. The van der Waals surface area contributed by atoms with Gasteiger partial charge < -0.3 is 18.4 Å². The quantitative estimate of drug-likeness (QED) is 0.0832. The molecule has 0 atom stereocenters. The van der Waals surface area contributed by atoms with Gasteiger partial charge in [0.2, 0.25) is 0 Å². The zero-order valence-electron chi connectivity index (χ0n) is 27.0. The monoisotopic (exact) mass is 604 g/mol. The first-order valence-electron chi connectivity index (χ1n) is 16.2. The zero-order chi connectivity index (χ0) is 31.5. The molecule has 1 aromatic heterocycles. The van der Waals surface area contributed by atoms with E-state index in [9.17, 15) is 4.79 Å². The summed E-state index contributed by atoms with van der Waals surface area (Å²) in [6.45, 7) is 2.03. The lowest BCUT2D eigenvalue weighted by Crippen LogP contribution is -2.35. The Morgan fingerprint density at radius 3 is 1.87 bits per heavy atom. The van der Waals surface area contributed by atoms with Crippen LogP contribution in [0.4, 0.5) is 0 Å². The molecule has 0 unspecified atom stereocenters. The molecule has 5 rings (SSSR count). The highest BCUT2D eigenvalue weighted by molar-refractivity contribution is 5.80. The molecule has 0 aliphatic carbocycles.